The van der Waals surface area contributed by atoms with Crippen LogP contribution in [-0.4, -0.2) is 42.3 Å². The first kappa shape index (κ1) is 17.1. The molecule has 1 unspecified atom stereocenters. The Morgan fingerprint density at radius 3 is 2.84 bits per heavy atom. The molecule has 25 heavy (non-hydrogen) atoms. The van der Waals surface area contributed by atoms with Crippen LogP contribution >= 0.6 is 0 Å². The van der Waals surface area contributed by atoms with Gasteiger partial charge in [0.25, 0.3) is 0 Å². The number of H-pyrrole nitrogens is 1. The average molecular weight is 356 g/mol. The summed E-state index contributed by atoms with van der Waals surface area (Å²) < 4.78 is 47.3. The molecule has 1 aromatic carbocycles. The van der Waals surface area contributed by atoms with Gasteiger partial charge in [-0.1, -0.05) is 6.07 Å². The van der Waals surface area contributed by atoms with Crippen molar-refractivity contribution in [3.05, 3.63) is 29.5 Å². The highest BCUT2D eigenvalue weighted by Gasteiger charge is 2.39. The van der Waals surface area contributed by atoms with Gasteiger partial charge in [0.05, 0.1) is 13.2 Å². The number of aromatic nitrogens is 1. The first-order valence-electron chi connectivity index (χ1n) is 7.63. The standard InChI is InChI=1S/C16H15F3N2O4/c1-2-24-14(22)12-6-10-11(21-12)4-3-8-5-9(25-13(8)10)7-20-15(23)16(17,18)19/h3-4,6,9,21H,2,5,7H2,1H3,(H,20,23). The molecule has 2 heterocycles. The van der Waals surface area contributed by atoms with Crippen LogP contribution in [0.2, 0.25) is 0 Å². The van der Waals surface area contributed by atoms with Crippen molar-refractivity contribution < 1.29 is 32.2 Å². The normalized spacial score (nSPS) is 16.4. The third kappa shape index (κ3) is 3.40. The van der Waals surface area contributed by atoms with E-state index in [0.717, 1.165) is 5.56 Å². The maximum absolute atomic E-state index is 12.2. The number of aromatic amines is 1. The van der Waals surface area contributed by atoms with E-state index < -0.39 is 24.2 Å². The molecule has 134 valence electrons. The summed E-state index contributed by atoms with van der Waals surface area (Å²) in [5.74, 6) is -2.00. The van der Waals surface area contributed by atoms with Crippen molar-refractivity contribution in [2.24, 2.45) is 0 Å². The number of hydrogen-bond donors (Lipinski definition) is 2. The summed E-state index contributed by atoms with van der Waals surface area (Å²) in [4.78, 5) is 25.6. The van der Waals surface area contributed by atoms with Crippen LogP contribution in [0.1, 0.15) is 23.0 Å². The highest BCUT2D eigenvalue weighted by atomic mass is 19.4. The summed E-state index contributed by atoms with van der Waals surface area (Å²) in [7, 11) is 0. The number of carbonyl (C=O) groups excluding carboxylic acids is 2. The molecule has 2 N–H and O–H groups in total. The lowest BCUT2D eigenvalue weighted by Crippen LogP contribution is -2.41. The maximum atomic E-state index is 12.2. The molecule has 0 bridgehead atoms. The first-order chi connectivity index (χ1) is 11.8. The van der Waals surface area contributed by atoms with E-state index in [1.165, 1.54) is 0 Å². The number of nitrogens with one attached hydrogen (secondary N) is 2. The summed E-state index contributed by atoms with van der Waals surface area (Å²) >= 11 is 0. The molecule has 2 aromatic rings. The van der Waals surface area contributed by atoms with Crippen LogP contribution in [0.15, 0.2) is 18.2 Å². The first-order valence-corrected chi connectivity index (χ1v) is 7.63. The molecule has 0 fully saturated rings. The monoisotopic (exact) mass is 356 g/mol. The van der Waals surface area contributed by atoms with Crippen LogP contribution < -0.4 is 10.1 Å². The minimum atomic E-state index is -4.92. The van der Waals surface area contributed by atoms with Crippen LogP contribution in [0.5, 0.6) is 5.75 Å². The number of esters is 1. The predicted octanol–water partition coefficient (Wildman–Crippen LogP) is 2.33. The summed E-state index contributed by atoms with van der Waals surface area (Å²) in [5, 5.41) is 2.46. The number of amides is 1. The van der Waals surface area contributed by atoms with Gasteiger partial charge in [0.2, 0.25) is 0 Å². The van der Waals surface area contributed by atoms with Crippen LogP contribution in [0, 0.1) is 0 Å². The van der Waals surface area contributed by atoms with E-state index in [4.69, 9.17) is 9.47 Å². The lowest BCUT2D eigenvalue weighted by Gasteiger charge is -2.13. The number of alkyl halides is 3. The van der Waals surface area contributed by atoms with E-state index in [1.54, 1.807) is 25.1 Å². The molecule has 0 aliphatic carbocycles. The number of benzene rings is 1. The van der Waals surface area contributed by atoms with Crippen molar-refractivity contribution in [2.45, 2.75) is 25.6 Å². The van der Waals surface area contributed by atoms with Crippen LogP contribution in [0.4, 0.5) is 13.2 Å². The molecule has 1 atom stereocenters. The molecule has 1 aromatic heterocycles. The van der Waals surface area contributed by atoms with Crippen LogP contribution in [0.25, 0.3) is 10.9 Å². The SMILES string of the molecule is CCOC(=O)c1cc2c3c(ccc2[nH]1)CC(CNC(=O)C(F)(F)F)O3. The molecule has 9 heteroatoms. The minimum Gasteiger partial charge on any atom is -0.487 e. The van der Waals surface area contributed by atoms with Gasteiger partial charge in [0.1, 0.15) is 17.5 Å². The summed E-state index contributed by atoms with van der Waals surface area (Å²) in [6.45, 7) is 1.68. The second-order valence-electron chi connectivity index (χ2n) is 5.57. The van der Waals surface area contributed by atoms with E-state index in [9.17, 15) is 22.8 Å². The van der Waals surface area contributed by atoms with E-state index in [-0.39, 0.29) is 18.8 Å². The van der Waals surface area contributed by atoms with Gasteiger partial charge in [0, 0.05) is 17.3 Å². The zero-order chi connectivity index (χ0) is 18.2. The summed E-state index contributed by atoms with van der Waals surface area (Å²) in [6.07, 6.45) is -5.16. The Labute approximate surface area is 140 Å². The topological polar surface area (TPSA) is 80.4 Å². The highest BCUT2D eigenvalue weighted by molar-refractivity contribution is 5.97. The van der Waals surface area contributed by atoms with E-state index in [1.807, 2.05) is 5.32 Å². The Hall–Kier alpha value is -2.71. The van der Waals surface area contributed by atoms with E-state index in [2.05, 4.69) is 4.98 Å². The second-order valence-corrected chi connectivity index (χ2v) is 5.57. The fraction of sp³-hybridized carbons (Fsp3) is 0.375. The number of ether oxygens (including phenoxy) is 2. The smallest absolute Gasteiger partial charge is 0.471 e. The van der Waals surface area contributed by atoms with Crippen LogP contribution in [-0.2, 0) is 16.0 Å². The Morgan fingerprint density at radius 1 is 1.40 bits per heavy atom. The minimum absolute atomic E-state index is 0.240. The quantitative estimate of drug-likeness (QED) is 0.824. The third-order valence-corrected chi connectivity index (χ3v) is 3.81. The molecule has 0 saturated heterocycles. The highest BCUT2D eigenvalue weighted by Crippen LogP contribution is 2.36. The van der Waals surface area contributed by atoms with Crippen molar-refractivity contribution in [2.75, 3.05) is 13.2 Å². The zero-order valence-corrected chi connectivity index (χ0v) is 13.2. The molecular formula is C16H15F3N2O4. The molecule has 6 nitrogen and oxygen atoms in total. The average Bonchev–Trinajstić information content (AvgIpc) is 3.14. The van der Waals surface area contributed by atoms with Gasteiger partial charge >= 0.3 is 18.1 Å². The molecule has 0 radical (unpaired) electrons. The van der Waals surface area contributed by atoms with Gasteiger partial charge in [-0.3, -0.25) is 4.79 Å². The Bertz CT molecular complexity index is 829. The molecule has 1 aliphatic heterocycles. The van der Waals surface area contributed by atoms with Gasteiger partial charge < -0.3 is 19.8 Å². The second kappa shape index (κ2) is 6.30. The molecule has 0 saturated carbocycles. The van der Waals surface area contributed by atoms with Gasteiger partial charge in [-0.2, -0.15) is 13.2 Å². The van der Waals surface area contributed by atoms with Crippen LogP contribution in [0.3, 0.4) is 0 Å². The molecule has 3 rings (SSSR count). The van der Waals surface area contributed by atoms with Gasteiger partial charge in [-0.05, 0) is 24.6 Å². The fourth-order valence-corrected chi connectivity index (χ4v) is 2.72. The van der Waals surface area contributed by atoms with Crippen molar-refractivity contribution >= 4 is 22.8 Å². The largest absolute Gasteiger partial charge is 0.487 e. The van der Waals surface area contributed by atoms with Crippen molar-refractivity contribution in [1.82, 2.24) is 10.3 Å². The lowest BCUT2D eigenvalue weighted by atomic mass is 10.1. The Morgan fingerprint density at radius 2 is 2.16 bits per heavy atom. The Balaban J connectivity index is 1.76. The maximum Gasteiger partial charge on any atom is 0.471 e. The molecular weight excluding hydrogens is 341 g/mol. The number of fused-ring (bicyclic) bond motifs is 3. The van der Waals surface area contributed by atoms with E-state index in [0.29, 0.717) is 23.1 Å². The number of rotatable bonds is 4. The predicted molar refractivity (Wildman–Crippen MR) is 81.4 cm³/mol. The van der Waals surface area contributed by atoms with Crippen molar-refractivity contribution in [1.29, 1.82) is 0 Å². The molecule has 1 amide bonds. The fourth-order valence-electron chi connectivity index (χ4n) is 2.72. The van der Waals surface area contributed by atoms with Crippen molar-refractivity contribution in [3.8, 4) is 5.75 Å². The number of carbonyl (C=O) groups is 2. The number of hydrogen-bond acceptors (Lipinski definition) is 4. The van der Waals surface area contributed by atoms with Gasteiger partial charge in [0.15, 0.2) is 0 Å². The molecule has 0 spiro atoms. The van der Waals surface area contributed by atoms with Crippen molar-refractivity contribution in [3.63, 3.8) is 0 Å². The van der Waals surface area contributed by atoms with E-state index >= 15 is 0 Å². The Kier molecular flexibility index (Phi) is 4.32. The summed E-state index contributed by atoms with van der Waals surface area (Å²) in [5.41, 5.74) is 1.72. The van der Waals surface area contributed by atoms with Gasteiger partial charge in [-0.15, -0.1) is 0 Å². The summed E-state index contributed by atoms with van der Waals surface area (Å²) in [6, 6.07) is 5.12. The number of halogens is 3. The lowest BCUT2D eigenvalue weighted by molar-refractivity contribution is -0.173. The molecule has 1 aliphatic rings. The third-order valence-electron chi connectivity index (χ3n) is 3.81. The zero-order valence-electron chi connectivity index (χ0n) is 13.2. The van der Waals surface area contributed by atoms with Gasteiger partial charge in [-0.25, -0.2) is 4.79 Å².